The van der Waals surface area contributed by atoms with Gasteiger partial charge < -0.3 is 16.0 Å². The molecule has 0 saturated carbocycles. The van der Waals surface area contributed by atoms with Crippen molar-refractivity contribution in [2.24, 2.45) is 0 Å². The Morgan fingerprint density at radius 3 is 2.52 bits per heavy atom. The Balaban J connectivity index is 0.00000264. The first kappa shape index (κ1) is 19.2. The molecule has 0 bridgehead atoms. The number of benzene rings is 1. The van der Waals surface area contributed by atoms with Gasteiger partial charge in [0.25, 0.3) is 5.69 Å². The molecule has 1 heterocycles. The van der Waals surface area contributed by atoms with Gasteiger partial charge in [0, 0.05) is 36.8 Å². The molecular weight excluding hydrogens is 320 g/mol. The first-order valence-corrected chi connectivity index (χ1v) is 7.63. The lowest BCUT2D eigenvalue weighted by atomic mass is 10.1. The smallest absolute Gasteiger partial charge is 0.269 e. The second-order valence-corrected chi connectivity index (χ2v) is 5.43. The second-order valence-electron chi connectivity index (χ2n) is 5.43. The number of nitrogens with one attached hydrogen (secondary N) is 3. The number of hydrogen-bond donors (Lipinski definition) is 3. The number of nitro benzene ring substituents is 1. The fourth-order valence-corrected chi connectivity index (χ4v) is 2.45. The number of nitrogens with zero attached hydrogens (tertiary/aromatic N) is 1. The Morgan fingerprint density at radius 1 is 1.26 bits per heavy atom. The van der Waals surface area contributed by atoms with E-state index in [2.05, 4.69) is 16.0 Å². The molecule has 1 aromatic carbocycles. The summed E-state index contributed by atoms with van der Waals surface area (Å²) in [6, 6.07) is 6.58. The van der Waals surface area contributed by atoms with Crippen molar-refractivity contribution in [1.82, 2.24) is 10.6 Å². The fourth-order valence-electron chi connectivity index (χ4n) is 2.45. The number of carbonyl (C=O) groups is 1. The predicted molar refractivity (Wildman–Crippen MR) is 92.1 cm³/mol. The molecule has 0 unspecified atom stereocenters. The fraction of sp³-hybridized carbons (Fsp3) is 0.533. The zero-order valence-corrected chi connectivity index (χ0v) is 13.7. The number of piperidine rings is 1. The van der Waals surface area contributed by atoms with Crippen LogP contribution in [-0.4, -0.2) is 36.5 Å². The van der Waals surface area contributed by atoms with Crippen LogP contribution in [0.5, 0.6) is 0 Å². The molecule has 1 amide bonds. The molecule has 128 valence electrons. The Bertz CT molecular complexity index is 504. The van der Waals surface area contributed by atoms with Crippen molar-refractivity contribution in [3.8, 4) is 0 Å². The molecule has 23 heavy (non-hydrogen) atoms. The van der Waals surface area contributed by atoms with Crippen LogP contribution in [0.3, 0.4) is 0 Å². The molecule has 0 spiro atoms. The van der Waals surface area contributed by atoms with Crippen LogP contribution in [0.4, 0.5) is 11.4 Å². The van der Waals surface area contributed by atoms with Gasteiger partial charge in [0.2, 0.25) is 5.91 Å². The van der Waals surface area contributed by atoms with Gasteiger partial charge in [0.15, 0.2) is 0 Å². The summed E-state index contributed by atoms with van der Waals surface area (Å²) in [6.07, 6.45) is 3.21. The van der Waals surface area contributed by atoms with E-state index in [9.17, 15) is 14.9 Å². The van der Waals surface area contributed by atoms with Crippen LogP contribution in [0.15, 0.2) is 24.3 Å². The molecule has 1 fully saturated rings. The number of hydrogen-bond acceptors (Lipinski definition) is 5. The van der Waals surface area contributed by atoms with E-state index in [1.165, 1.54) is 12.1 Å². The van der Waals surface area contributed by atoms with Crippen molar-refractivity contribution in [3.63, 3.8) is 0 Å². The normalized spacial score (nSPS) is 14.6. The molecule has 8 heteroatoms. The van der Waals surface area contributed by atoms with E-state index in [0.29, 0.717) is 19.0 Å². The summed E-state index contributed by atoms with van der Waals surface area (Å²) >= 11 is 0. The minimum absolute atomic E-state index is 0. The lowest BCUT2D eigenvalue weighted by Gasteiger charge is -2.23. The van der Waals surface area contributed by atoms with Crippen molar-refractivity contribution in [1.29, 1.82) is 0 Å². The standard InChI is InChI=1S/C15H22N4O3.ClH/c20-15(18-13-7-10-16-11-8-13)2-1-9-17-12-3-5-14(6-4-12)19(21)22;/h3-6,13,16-17H,1-2,7-11H2,(H,18,20);1H. The van der Waals surface area contributed by atoms with Crippen LogP contribution in [0, 0.1) is 10.1 Å². The molecule has 3 N–H and O–H groups in total. The van der Waals surface area contributed by atoms with Gasteiger partial charge >= 0.3 is 0 Å². The predicted octanol–water partition coefficient (Wildman–Crippen LogP) is 2.08. The quantitative estimate of drug-likeness (QED) is 0.400. The molecule has 1 saturated heterocycles. The van der Waals surface area contributed by atoms with Crippen molar-refractivity contribution in [3.05, 3.63) is 34.4 Å². The molecule has 1 aliphatic heterocycles. The minimum Gasteiger partial charge on any atom is -0.385 e. The minimum atomic E-state index is -0.422. The highest BCUT2D eigenvalue weighted by Crippen LogP contribution is 2.15. The van der Waals surface area contributed by atoms with Crippen LogP contribution in [0.25, 0.3) is 0 Å². The van der Waals surface area contributed by atoms with Crippen LogP contribution >= 0.6 is 12.4 Å². The topological polar surface area (TPSA) is 96.3 Å². The Kier molecular flexibility index (Phi) is 8.36. The van der Waals surface area contributed by atoms with Crippen molar-refractivity contribution >= 4 is 29.7 Å². The molecule has 0 radical (unpaired) electrons. The van der Waals surface area contributed by atoms with Gasteiger partial charge in [0.1, 0.15) is 0 Å². The highest BCUT2D eigenvalue weighted by molar-refractivity contribution is 5.85. The molecule has 1 aromatic rings. The van der Waals surface area contributed by atoms with E-state index >= 15 is 0 Å². The summed E-state index contributed by atoms with van der Waals surface area (Å²) in [5.41, 5.74) is 0.899. The summed E-state index contributed by atoms with van der Waals surface area (Å²) in [7, 11) is 0. The maximum Gasteiger partial charge on any atom is 0.269 e. The molecule has 0 aromatic heterocycles. The van der Waals surface area contributed by atoms with Crippen LogP contribution in [0.1, 0.15) is 25.7 Å². The average molecular weight is 343 g/mol. The molecular formula is C15H23ClN4O3. The SMILES string of the molecule is Cl.O=C(CCCNc1ccc([N+](=O)[O-])cc1)NC1CCNCC1. The number of anilines is 1. The third-order valence-corrected chi connectivity index (χ3v) is 3.69. The maximum atomic E-state index is 11.8. The van der Waals surface area contributed by atoms with E-state index in [1.54, 1.807) is 12.1 Å². The zero-order valence-electron chi connectivity index (χ0n) is 12.9. The Hall–Kier alpha value is -1.86. The van der Waals surface area contributed by atoms with Gasteiger partial charge in [-0.05, 0) is 44.5 Å². The number of halogens is 1. The van der Waals surface area contributed by atoms with Gasteiger partial charge in [-0.25, -0.2) is 0 Å². The van der Waals surface area contributed by atoms with Crippen molar-refractivity contribution < 1.29 is 9.72 Å². The summed E-state index contributed by atoms with van der Waals surface area (Å²) < 4.78 is 0. The van der Waals surface area contributed by atoms with Crippen LogP contribution in [-0.2, 0) is 4.79 Å². The van der Waals surface area contributed by atoms with E-state index in [0.717, 1.165) is 38.0 Å². The first-order valence-electron chi connectivity index (χ1n) is 7.63. The summed E-state index contributed by atoms with van der Waals surface area (Å²) in [4.78, 5) is 21.9. The van der Waals surface area contributed by atoms with Gasteiger partial charge in [-0.3, -0.25) is 14.9 Å². The van der Waals surface area contributed by atoms with E-state index in [-0.39, 0.29) is 24.0 Å². The molecule has 0 atom stereocenters. The molecule has 7 nitrogen and oxygen atoms in total. The third kappa shape index (κ3) is 6.83. The lowest BCUT2D eigenvalue weighted by molar-refractivity contribution is -0.384. The number of amides is 1. The van der Waals surface area contributed by atoms with Crippen LogP contribution in [0.2, 0.25) is 0 Å². The van der Waals surface area contributed by atoms with Crippen molar-refractivity contribution in [2.75, 3.05) is 25.0 Å². The molecule has 0 aliphatic carbocycles. The highest BCUT2D eigenvalue weighted by Gasteiger charge is 2.14. The first-order chi connectivity index (χ1) is 10.6. The number of non-ortho nitro benzene ring substituents is 1. The average Bonchev–Trinajstić information content (AvgIpc) is 2.53. The third-order valence-electron chi connectivity index (χ3n) is 3.69. The summed E-state index contributed by atoms with van der Waals surface area (Å²) in [5, 5.41) is 20.0. The Labute approximate surface area is 141 Å². The van der Waals surface area contributed by atoms with Gasteiger partial charge in [-0.15, -0.1) is 12.4 Å². The second kappa shape index (κ2) is 10.0. The molecule has 2 rings (SSSR count). The summed E-state index contributed by atoms with van der Waals surface area (Å²) in [5.74, 6) is 0.0948. The van der Waals surface area contributed by atoms with Crippen LogP contribution < -0.4 is 16.0 Å². The highest BCUT2D eigenvalue weighted by atomic mass is 35.5. The molecule has 1 aliphatic rings. The summed E-state index contributed by atoms with van der Waals surface area (Å²) in [6.45, 7) is 2.59. The van der Waals surface area contributed by atoms with E-state index in [4.69, 9.17) is 0 Å². The number of carbonyl (C=O) groups excluding carboxylic acids is 1. The monoisotopic (exact) mass is 342 g/mol. The maximum absolute atomic E-state index is 11.8. The Morgan fingerprint density at radius 2 is 1.91 bits per heavy atom. The number of nitro groups is 1. The van der Waals surface area contributed by atoms with Gasteiger partial charge in [-0.1, -0.05) is 0 Å². The number of rotatable bonds is 7. The largest absolute Gasteiger partial charge is 0.385 e. The van der Waals surface area contributed by atoms with Gasteiger partial charge in [-0.2, -0.15) is 0 Å². The zero-order chi connectivity index (χ0) is 15.8. The van der Waals surface area contributed by atoms with Gasteiger partial charge in [0.05, 0.1) is 4.92 Å². The lowest BCUT2D eigenvalue weighted by Crippen LogP contribution is -2.42. The van der Waals surface area contributed by atoms with E-state index in [1.807, 2.05) is 0 Å². The van der Waals surface area contributed by atoms with Crippen molar-refractivity contribution in [2.45, 2.75) is 31.7 Å². The van der Waals surface area contributed by atoms with E-state index < -0.39 is 4.92 Å².